The Morgan fingerprint density at radius 1 is 1.17 bits per heavy atom. The Labute approximate surface area is 139 Å². The van der Waals surface area contributed by atoms with Gasteiger partial charge in [-0.05, 0) is 37.3 Å². The van der Waals surface area contributed by atoms with Crippen molar-refractivity contribution >= 4 is 11.6 Å². The monoisotopic (exact) mass is 322 g/mol. The summed E-state index contributed by atoms with van der Waals surface area (Å²) < 4.78 is 3.32. The van der Waals surface area contributed by atoms with Crippen LogP contribution in [0.1, 0.15) is 12.1 Å². The highest BCUT2D eigenvalue weighted by molar-refractivity contribution is 5.90. The van der Waals surface area contributed by atoms with Crippen LogP contribution in [0.2, 0.25) is 0 Å². The Bertz CT molecular complexity index is 897. The first kappa shape index (κ1) is 15.7. The number of pyridine rings is 1. The van der Waals surface area contributed by atoms with Gasteiger partial charge in [-0.15, -0.1) is 0 Å². The maximum Gasteiger partial charge on any atom is 0.250 e. The van der Waals surface area contributed by atoms with Crippen molar-refractivity contribution in [1.82, 2.24) is 14.3 Å². The van der Waals surface area contributed by atoms with E-state index < -0.39 is 0 Å². The van der Waals surface area contributed by atoms with Crippen molar-refractivity contribution in [2.45, 2.75) is 19.9 Å². The summed E-state index contributed by atoms with van der Waals surface area (Å²) in [5.74, 6) is -0.136. The third kappa shape index (κ3) is 3.60. The molecule has 0 atom stereocenters. The van der Waals surface area contributed by atoms with E-state index >= 15 is 0 Å². The molecule has 0 saturated heterocycles. The summed E-state index contributed by atoms with van der Waals surface area (Å²) in [5, 5.41) is 7.03. The highest BCUT2D eigenvalue weighted by Crippen LogP contribution is 2.14. The predicted octanol–water partition coefficient (Wildman–Crippen LogP) is 2.37. The second-order valence-corrected chi connectivity index (χ2v) is 5.46. The molecule has 1 amide bonds. The molecule has 1 N–H and O–H groups in total. The smallest absolute Gasteiger partial charge is 0.250 e. The van der Waals surface area contributed by atoms with Gasteiger partial charge in [0.15, 0.2) is 0 Å². The van der Waals surface area contributed by atoms with Crippen molar-refractivity contribution in [3.8, 4) is 5.69 Å². The van der Waals surface area contributed by atoms with Crippen LogP contribution in [0.15, 0.2) is 65.7 Å². The number of benzene rings is 1. The van der Waals surface area contributed by atoms with Crippen molar-refractivity contribution in [3.05, 3.63) is 77.0 Å². The molecule has 6 heteroatoms. The molecule has 0 saturated carbocycles. The fourth-order valence-electron chi connectivity index (χ4n) is 2.49. The third-order valence-corrected chi connectivity index (χ3v) is 3.73. The summed E-state index contributed by atoms with van der Waals surface area (Å²) in [6, 6.07) is 14.4. The predicted molar refractivity (Wildman–Crippen MR) is 92.2 cm³/mol. The molecule has 0 unspecified atom stereocenters. The van der Waals surface area contributed by atoms with E-state index in [2.05, 4.69) is 10.4 Å². The lowest BCUT2D eigenvalue weighted by molar-refractivity contribution is -0.116. The van der Waals surface area contributed by atoms with Crippen LogP contribution in [-0.4, -0.2) is 20.3 Å². The Hall–Kier alpha value is -3.15. The minimum Gasteiger partial charge on any atom is -0.326 e. The number of aromatic nitrogens is 3. The average Bonchev–Trinajstić information content (AvgIpc) is 3.09. The first-order valence-corrected chi connectivity index (χ1v) is 7.70. The number of amides is 1. The van der Waals surface area contributed by atoms with Crippen LogP contribution in [0, 0.1) is 6.92 Å². The normalized spacial score (nSPS) is 10.5. The molecule has 3 rings (SSSR count). The number of hydrogen-bond donors (Lipinski definition) is 1. The van der Waals surface area contributed by atoms with Gasteiger partial charge < -0.3 is 9.88 Å². The van der Waals surface area contributed by atoms with Gasteiger partial charge in [0, 0.05) is 42.8 Å². The summed E-state index contributed by atoms with van der Waals surface area (Å²) in [6.45, 7) is 2.21. The molecule has 2 heterocycles. The summed E-state index contributed by atoms with van der Waals surface area (Å²) in [5.41, 5.74) is 2.32. The van der Waals surface area contributed by atoms with E-state index in [-0.39, 0.29) is 17.9 Å². The Morgan fingerprint density at radius 2 is 2.00 bits per heavy atom. The Kier molecular flexibility index (Phi) is 4.56. The fraction of sp³-hybridized carbons (Fsp3) is 0.167. The molecule has 0 aliphatic carbocycles. The van der Waals surface area contributed by atoms with Gasteiger partial charge in [-0.3, -0.25) is 9.59 Å². The van der Waals surface area contributed by atoms with Crippen LogP contribution in [0.5, 0.6) is 0 Å². The second-order valence-electron chi connectivity index (χ2n) is 5.46. The largest absolute Gasteiger partial charge is 0.326 e. The van der Waals surface area contributed by atoms with Gasteiger partial charge in [-0.2, -0.15) is 5.10 Å². The molecule has 0 fully saturated rings. The molecule has 2 aromatic heterocycles. The maximum absolute atomic E-state index is 12.2. The zero-order chi connectivity index (χ0) is 16.9. The van der Waals surface area contributed by atoms with E-state index in [0.717, 1.165) is 11.4 Å². The summed E-state index contributed by atoms with van der Waals surface area (Å²) in [7, 11) is 0. The number of anilines is 1. The number of carbonyl (C=O) groups excluding carboxylic acids is 1. The number of aryl methyl sites for hydroxylation is 1. The topological polar surface area (TPSA) is 68.9 Å². The van der Waals surface area contributed by atoms with Crippen molar-refractivity contribution in [2.24, 2.45) is 0 Å². The fourth-order valence-corrected chi connectivity index (χ4v) is 2.49. The minimum atomic E-state index is -0.136. The lowest BCUT2D eigenvalue weighted by Crippen LogP contribution is -2.24. The van der Waals surface area contributed by atoms with Gasteiger partial charge in [0.2, 0.25) is 5.91 Å². The van der Waals surface area contributed by atoms with Crippen molar-refractivity contribution in [1.29, 1.82) is 0 Å². The van der Waals surface area contributed by atoms with Gasteiger partial charge >= 0.3 is 0 Å². The summed E-state index contributed by atoms with van der Waals surface area (Å²) in [4.78, 5) is 24.0. The zero-order valence-corrected chi connectivity index (χ0v) is 13.3. The van der Waals surface area contributed by atoms with E-state index in [1.807, 2.05) is 49.5 Å². The molecule has 6 nitrogen and oxygen atoms in total. The molecular weight excluding hydrogens is 304 g/mol. The van der Waals surface area contributed by atoms with E-state index in [1.165, 1.54) is 6.07 Å². The molecule has 0 spiro atoms. The molecular formula is C18H18N4O2. The van der Waals surface area contributed by atoms with E-state index in [9.17, 15) is 9.59 Å². The quantitative estimate of drug-likeness (QED) is 0.784. The standard InChI is InChI=1S/C18H18N4O2/c1-14-5-2-8-18(24)21(14)12-9-17(23)20-15-6-3-7-16(13-15)22-11-4-10-19-22/h2-8,10-11,13H,9,12H2,1H3,(H,20,23). The molecule has 0 radical (unpaired) electrons. The van der Waals surface area contributed by atoms with Gasteiger partial charge in [0.05, 0.1) is 5.69 Å². The van der Waals surface area contributed by atoms with E-state index in [0.29, 0.717) is 12.2 Å². The summed E-state index contributed by atoms with van der Waals surface area (Å²) in [6.07, 6.45) is 3.77. The maximum atomic E-state index is 12.2. The first-order chi connectivity index (χ1) is 11.6. The summed E-state index contributed by atoms with van der Waals surface area (Å²) >= 11 is 0. The highest BCUT2D eigenvalue weighted by Gasteiger charge is 2.06. The van der Waals surface area contributed by atoms with Crippen molar-refractivity contribution in [3.63, 3.8) is 0 Å². The van der Waals surface area contributed by atoms with Gasteiger partial charge in [-0.25, -0.2) is 4.68 Å². The Morgan fingerprint density at radius 3 is 2.75 bits per heavy atom. The van der Waals surface area contributed by atoms with Crippen LogP contribution in [0.4, 0.5) is 5.69 Å². The number of nitrogens with one attached hydrogen (secondary N) is 1. The van der Waals surface area contributed by atoms with Gasteiger partial charge in [0.1, 0.15) is 0 Å². The number of nitrogens with zero attached hydrogens (tertiary/aromatic N) is 3. The minimum absolute atomic E-state index is 0.0940. The van der Waals surface area contributed by atoms with Crippen molar-refractivity contribution < 1.29 is 4.79 Å². The van der Waals surface area contributed by atoms with Crippen LogP contribution >= 0.6 is 0 Å². The molecule has 24 heavy (non-hydrogen) atoms. The van der Waals surface area contributed by atoms with Gasteiger partial charge in [-0.1, -0.05) is 12.1 Å². The lowest BCUT2D eigenvalue weighted by atomic mass is 10.2. The van der Waals surface area contributed by atoms with Gasteiger partial charge in [0.25, 0.3) is 5.56 Å². The number of carbonyl (C=O) groups is 1. The molecule has 122 valence electrons. The second kappa shape index (κ2) is 6.95. The average molecular weight is 322 g/mol. The Balaban J connectivity index is 1.65. The first-order valence-electron chi connectivity index (χ1n) is 7.70. The molecule has 0 bridgehead atoms. The van der Waals surface area contributed by atoms with Crippen LogP contribution < -0.4 is 10.9 Å². The highest BCUT2D eigenvalue weighted by atomic mass is 16.1. The van der Waals surface area contributed by atoms with E-state index in [1.54, 1.807) is 21.5 Å². The molecule has 3 aromatic rings. The number of hydrogen-bond acceptors (Lipinski definition) is 3. The van der Waals surface area contributed by atoms with Crippen LogP contribution in [0.25, 0.3) is 5.69 Å². The lowest BCUT2D eigenvalue weighted by Gasteiger charge is -2.10. The molecule has 1 aromatic carbocycles. The molecule has 0 aliphatic heterocycles. The number of rotatable bonds is 5. The zero-order valence-electron chi connectivity index (χ0n) is 13.3. The SMILES string of the molecule is Cc1cccc(=O)n1CCC(=O)Nc1cccc(-n2cccn2)c1. The van der Waals surface area contributed by atoms with Crippen LogP contribution in [0.3, 0.4) is 0 Å². The van der Waals surface area contributed by atoms with Crippen molar-refractivity contribution in [2.75, 3.05) is 5.32 Å². The third-order valence-electron chi connectivity index (χ3n) is 3.73. The van der Waals surface area contributed by atoms with Crippen LogP contribution in [-0.2, 0) is 11.3 Å². The molecule has 0 aliphatic rings. The van der Waals surface area contributed by atoms with E-state index in [4.69, 9.17) is 0 Å².